The quantitative estimate of drug-likeness (QED) is 0.381. The van der Waals surface area contributed by atoms with Crippen LogP contribution in [0, 0.1) is 26.6 Å². The number of allylic oxidation sites excluding steroid dienone is 1. The molecular weight excluding hydrogens is 415 g/mol. The van der Waals surface area contributed by atoms with Gasteiger partial charge >= 0.3 is 0 Å². The minimum Gasteiger partial charge on any atom is -0.485 e. The summed E-state index contributed by atoms with van der Waals surface area (Å²) in [5.74, 6) is 0.910. The molecule has 8 heteroatoms. The second kappa shape index (κ2) is 10.3. The molecule has 6 nitrogen and oxygen atoms in total. The number of thioether (sulfide) groups is 1. The van der Waals surface area contributed by atoms with Gasteiger partial charge in [-0.15, -0.1) is 16.8 Å². The van der Waals surface area contributed by atoms with E-state index in [0.29, 0.717) is 23.2 Å². The lowest BCUT2D eigenvalue weighted by Gasteiger charge is -2.11. The molecule has 0 radical (unpaired) electrons. The number of aryl methyl sites for hydroxylation is 3. The molecule has 1 heterocycles. The van der Waals surface area contributed by atoms with Crippen LogP contribution in [0.2, 0.25) is 0 Å². The standard InChI is InChI=1S/C23H25FN4O2S/c1-5-10-28-21(13-30-20-11-15(2)6-7-17(20)4)26-27-23(28)31-14-22(29)25-19-12-18(24)9-8-16(19)3/h5-9,11-12H,1,10,13-14H2,2-4H3,(H,25,29). The Kier molecular flexibility index (Phi) is 7.46. The van der Waals surface area contributed by atoms with Gasteiger partial charge in [0.2, 0.25) is 5.91 Å². The predicted molar refractivity (Wildman–Crippen MR) is 121 cm³/mol. The number of anilines is 1. The zero-order chi connectivity index (χ0) is 22.4. The summed E-state index contributed by atoms with van der Waals surface area (Å²) in [7, 11) is 0. The Morgan fingerprint density at radius 2 is 1.97 bits per heavy atom. The molecule has 3 aromatic rings. The van der Waals surface area contributed by atoms with Crippen LogP contribution in [-0.4, -0.2) is 26.4 Å². The smallest absolute Gasteiger partial charge is 0.234 e. The van der Waals surface area contributed by atoms with E-state index in [2.05, 4.69) is 22.1 Å². The van der Waals surface area contributed by atoms with Gasteiger partial charge in [-0.2, -0.15) is 0 Å². The average Bonchev–Trinajstić information content (AvgIpc) is 3.12. The van der Waals surface area contributed by atoms with Crippen LogP contribution in [0.5, 0.6) is 5.75 Å². The van der Waals surface area contributed by atoms with Crippen molar-refractivity contribution in [3.8, 4) is 5.75 Å². The number of ether oxygens (including phenoxy) is 1. The Labute approximate surface area is 185 Å². The Hall–Kier alpha value is -3.13. The van der Waals surface area contributed by atoms with E-state index >= 15 is 0 Å². The Morgan fingerprint density at radius 3 is 2.74 bits per heavy atom. The van der Waals surface area contributed by atoms with E-state index < -0.39 is 5.82 Å². The Balaban J connectivity index is 1.65. The third kappa shape index (κ3) is 5.95. The largest absolute Gasteiger partial charge is 0.485 e. The van der Waals surface area contributed by atoms with Crippen LogP contribution >= 0.6 is 11.8 Å². The molecule has 0 atom stereocenters. The van der Waals surface area contributed by atoms with Crippen LogP contribution < -0.4 is 10.1 Å². The number of hydrogen-bond donors (Lipinski definition) is 1. The van der Waals surface area contributed by atoms with Crippen molar-refractivity contribution in [2.45, 2.75) is 39.1 Å². The van der Waals surface area contributed by atoms with Gasteiger partial charge in [0.05, 0.1) is 5.75 Å². The predicted octanol–water partition coefficient (Wildman–Crippen LogP) is 4.84. The van der Waals surface area contributed by atoms with Gasteiger partial charge in [0.25, 0.3) is 0 Å². The SMILES string of the molecule is C=CCn1c(COc2cc(C)ccc2C)nnc1SCC(=O)Nc1cc(F)ccc1C. The van der Waals surface area contributed by atoms with Crippen LogP contribution in [-0.2, 0) is 17.9 Å². The molecule has 1 aromatic heterocycles. The second-order valence-electron chi connectivity index (χ2n) is 7.15. The maximum Gasteiger partial charge on any atom is 0.234 e. The maximum absolute atomic E-state index is 13.4. The molecule has 0 bridgehead atoms. The van der Waals surface area contributed by atoms with E-state index in [1.165, 1.54) is 23.9 Å². The van der Waals surface area contributed by atoms with Gasteiger partial charge in [0.1, 0.15) is 18.2 Å². The van der Waals surface area contributed by atoms with Crippen LogP contribution in [0.25, 0.3) is 0 Å². The minimum absolute atomic E-state index is 0.114. The van der Waals surface area contributed by atoms with Gasteiger partial charge < -0.3 is 10.1 Å². The Bertz CT molecular complexity index is 1100. The fourth-order valence-electron chi connectivity index (χ4n) is 2.90. The van der Waals surface area contributed by atoms with E-state index in [-0.39, 0.29) is 18.3 Å². The van der Waals surface area contributed by atoms with E-state index in [9.17, 15) is 9.18 Å². The molecule has 0 aliphatic carbocycles. The summed E-state index contributed by atoms with van der Waals surface area (Å²) in [5, 5.41) is 11.8. The van der Waals surface area contributed by atoms with Gasteiger partial charge in [0, 0.05) is 12.2 Å². The van der Waals surface area contributed by atoms with Crippen molar-refractivity contribution in [3.05, 3.63) is 77.4 Å². The molecule has 0 saturated carbocycles. The molecule has 0 aliphatic heterocycles. The molecule has 162 valence electrons. The van der Waals surface area contributed by atoms with Gasteiger partial charge in [-0.05, 0) is 55.7 Å². The molecule has 3 rings (SSSR count). The van der Waals surface area contributed by atoms with Gasteiger partial charge in [-0.1, -0.05) is 36.0 Å². The highest BCUT2D eigenvalue weighted by Crippen LogP contribution is 2.23. The van der Waals surface area contributed by atoms with E-state index in [4.69, 9.17) is 4.74 Å². The normalized spacial score (nSPS) is 10.7. The molecular formula is C23H25FN4O2S. The molecule has 0 fully saturated rings. The highest BCUT2D eigenvalue weighted by atomic mass is 32.2. The lowest BCUT2D eigenvalue weighted by atomic mass is 10.1. The molecule has 0 saturated heterocycles. The summed E-state index contributed by atoms with van der Waals surface area (Å²) < 4.78 is 21.2. The molecule has 0 unspecified atom stereocenters. The number of rotatable bonds is 9. The van der Waals surface area contributed by atoms with Gasteiger partial charge in [-0.3, -0.25) is 9.36 Å². The van der Waals surface area contributed by atoms with Crippen LogP contribution in [0.1, 0.15) is 22.5 Å². The highest BCUT2D eigenvalue weighted by molar-refractivity contribution is 7.99. The molecule has 31 heavy (non-hydrogen) atoms. The van der Waals surface area contributed by atoms with Crippen LogP contribution in [0.4, 0.5) is 10.1 Å². The van der Waals surface area contributed by atoms with Crippen molar-refractivity contribution < 1.29 is 13.9 Å². The van der Waals surface area contributed by atoms with Gasteiger partial charge in [0.15, 0.2) is 11.0 Å². The molecule has 2 aromatic carbocycles. The lowest BCUT2D eigenvalue weighted by molar-refractivity contribution is -0.113. The van der Waals surface area contributed by atoms with Crippen molar-refractivity contribution in [1.29, 1.82) is 0 Å². The fraction of sp³-hybridized carbons (Fsp3) is 0.261. The maximum atomic E-state index is 13.4. The third-order valence-electron chi connectivity index (χ3n) is 4.61. The first-order valence-corrected chi connectivity index (χ1v) is 10.8. The van der Waals surface area contributed by atoms with E-state index in [1.54, 1.807) is 12.1 Å². The zero-order valence-electron chi connectivity index (χ0n) is 17.8. The zero-order valence-corrected chi connectivity index (χ0v) is 18.6. The number of nitrogens with one attached hydrogen (secondary N) is 1. The van der Waals surface area contributed by atoms with Crippen molar-refractivity contribution >= 4 is 23.4 Å². The van der Waals surface area contributed by atoms with Crippen LogP contribution in [0.3, 0.4) is 0 Å². The Morgan fingerprint density at radius 1 is 1.19 bits per heavy atom. The number of aromatic nitrogens is 3. The number of amides is 1. The summed E-state index contributed by atoms with van der Waals surface area (Å²) in [6.07, 6.45) is 1.74. The number of carbonyl (C=O) groups excluding carboxylic acids is 1. The number of nitrogens with zero attached hydrogens (tertiary/aromatic N) is 3. The van der Waals surface area contributed by atoms with E-state index in [1.807, 2.05) is 43.5 Å². The van der Waals surface area contributed by atoms with Crippen molar-refractivity contribution in [2.24, 2.45) is 0 Å². The lowest BCUT2D eigenvalue weighted by Crippen LogP contribution is -2.16. The monoisotopic (exact) mass is 440 g/mol. The minimum atomic E-state index is -0.396. The number of benzene rings is 2. The van der Waals surface area contributed by atoms with Crippen molar-refractivity contribution in [3.63, 3.8) is 0 Å². The fourth-order valence-corrected chi connectivity index (χ4v) is 3.66. The summed E-state index contributed by atoms with van der Waals surface area (Å²) >= 11 is 1.25. The molecule has 0 spiro atoms. The summed E-state index contributed by atoms with van der Waals surface area (Å²) in [4.78, 5) is 12.3. The first-order valence-electron chi connectivity index (χ1n) is 9.79. The van der Waals surface area contributed by atoms with Crippen molar-refractivity contribution in [2.75, 3.05) is 11.1 Å². The number of hydrogen-bond acceptors (Lipinski definition) is 5. The number of carbonyl (C=O) groups is 1. The van der Waals surface area contributed by atoms with Crippen LogP contribution in [0.15, 0.2) is 54.2 Å². The third-order valence-corrected chi connectivity index (χ3v) is 5.58. The summed E-state index contributed by atoms with van der Waals surface area (Å²) in [5.41, 5.74) is 3.41. The second-order valence-corrected chi connectivity index (χ2v) is 8.09. The first-order chi connectivity index (χ1) is 14.9. The average molecular weight is 441 g/mol. The summed E-state index contributed by atoms with van der Waals surface area (Å²) in [6, 6.07) is 10.3. The van der Waals surface area contributed by atoms with Gasteiger partial charge in [-0.25, -0.2) is 4.39 Å². The summed E-state index contributed by atoms with van der Waals surface area (Å²) in [6.45, 7) is 10.3. The highest BCUT2D eigenvalue weighted by Gasteiger charge is 2.15. The van der Waals surface area contributed by atoms with E-state index in [0.717, 1.165) is 22.4 Å². The molecule has 0 aliphatic rings. The molecule has 1 amide bonds. The number of halogens is 1. The topological polar surface area (TPSA) is 69.0 Å². The first kappa shape index (κ1) is 22.6. The van der Waals surface area contributed by atoms with Crippen molar-refractivity contribution in [1.82, 2.24) is 14.8 Å². The molecule has 1 N–H and O–H groups in total.